The average Bonchev–Trinajstić information content (AvgIpc) is 2.95. The molecule has 1 aliphatic rings. The summed E-state index contributed by atoms with van der Waals surface area (Å²) in [5.74, 6) is 0.457. The first-order chi connectivity index (χ1) is 10.1. The Labute approximate surface area is 122 Å². The minimum Gasteiger partial charge on any atom is -0.497 e. The smallest absolute Gasteiger partial charge is 0.308 e. The number of fused-ring (bicyclic) bond motifs is 1. The Kier molecular flexibility index (Phi) is 3.37. The highest BCUT2D eigenvalue weighted by Gasteiger charge is 2.29. The summed E-state index contributed by atoms with van der Waals surface area (Å²) in [5.41, 5.74) is 2.38. The molecule has 2 aromatic rings. The average molecular weight is 287 g/mol. The van der Waals surface area contributed by atoms with Crippen molar-refractivity contribution in [3.8, 4) is 5.75 Å². The van der Waals surface area contributed by atoms with Crippen LogP contribution in [0.4, 0.5) is 5.82 Å². The standard InChI is InChI=1S/C15H17N3O3/c1-9-14(18-6-5-10(8-18)15(19)20)17-12-4-3-11(21-2)7-13(12)16-9/h3-4,7,10H,5-6,8H2,1-2H3,(H,19,20). The predicted octanol–water partition coefficient (Wildman–Crippen LogP) is 1.86. The summed E-state index contributed by atoms with van der Waals surface area (Å²) >= 11 is 0. The highest BCUT2D eigenvalue weighted by Crippen LogP contribution is 2.27. The van der Waals surface area contributed by atoms with E-state index in [2.05, 4.69) is 9.97 Å². The molecule has 3 rings (SSSR count). The van der Waals surface area contributed by atoms with Crippen molar-refractivity contribution in [2.45, 2.75) is 13.3 Å². The third-order valence-corrected chi connectivity index (χ3v) is 3.86. The molecule has 21 heavy (non-hydrogen) atoms. The van der Waals surface area contributed by atoms with Gasteiger partial charge in [0, 0.05) is 19.2 Å². The van der Waals surface area contributed by atoms with Crippen LogP contribution in [0.2, 0.25) is 0 Å². The number of aryl methyl sites for hydroxylation is 1. The fourth-order valence-electron chi connectivity index (χ4n) is 2.69. The fraction of sp³-hybridized carbons (Fsp3) is 0.400. The van der Waals surface area contributed by atoms with Crippen molar-refractivity contribution in [1.29, 1.82) is 0 Å². The highest BCUT2D eigenvalue weighted by molar-refractivity contribution is 5.78. The Hall–Kier alpha value is -2.37. The number of ether oxygens (including phenoxy) is 1. The van der Waals surface area contributed by atoms with Crippen molar-refractivity contribution < 1.29 is 14.6 Å². The second-order valence-electron chi connectivity index (χ2n) is 5.26. The molecule has 0 spiro atoms. The number of hydrogen-bond acceptors (Lipinski definition) is 5. The van der Waals surface area contributed by atoms with Crippen LogP contribution in [-0.2, 0) is 4.79 Å². The van der Waals surface area contributed by atoms with E-state index in [9.17, 15) is 4.79 Å². The molecule has 1 unspecified atom stereocenters. The maximum Gasteiger partial charge on any atom is 0.308 e. The lowest BCUT2D eigenvalue weighted by atomic mass is 10.1. The molecule has 6 heteroatoms. The molecule has 0 amide bonds. The summed E-state index contributed by atoms with van der Waals surface area (Å²) < 4.78 is 5.19. The molecule has 0 aliphatic carbocycles. The van der Waals surface area contributed by atoms with Gasteiger partial charge in [-0.1, -0.05) is 0 Å². The first-order valence-electron chi connectivity index (χ1n) is 6.88. The van der Waals surface area contributed by atoms with Crippen molar-refractivity contribution in [2.75, 3.05) is 25.1 Å². The Morgan fingerprint density at radius 1 is 1.38 bits per heavy atom. The topological polar surface area (TPSA) is 75.5 Å². The van der Waals surface area contributed by atoms with E-state index in [0.717, 1.165) is 28.3 Å². The number of nitrogens with zero attached hydrogens (tertiary/aromatic N) is 3. The van der Waals surface area contributed by atoms with Crippen molar-refractivity contribution in [1.82, 2.24) is 9.97 Å². The van der Waals surface area contributed by atoms with Gasteiger partial charge in [-0.05, 0) is 25.5 Å². The zero-order valence-electron chi connectivity index (χ0n) is 12.0. The molecule has 1 aliphatic heterocycles. The van der Waals surface area contributed by atoms with Gasteiger partial charge in [-0.3, -0.25) is 4.79 Å². The van der Waals surface area contributed by atoms with Crippen molar-refractivity contribution in [3.05, 3.63) is 23.9 Å². The maximum absolute atomic E-state index is 11.1. The van der Waals surface area contributed by atoms with E-state index in [1.807, 2.05) is 30.0 Å². The molecule has 2 heterocycles. The third kappa shape index (κ3) is 2.49. The number of aliphatic carboxylic acids is 1. The monoisotopic (exact) mass is 287 g/mol. The lowest BCUT2D eigenvalue weighted by Gasteiger charge is -2.19. The molecule has 1 aromatic heterocycles. The van der Waals surface area contributed by atoms with Crippen LogP contribution in [-0.4, -0.2) is 41.2 Å². The lowest BCUT2D eigenvalue weighted by Crippen LogP contribution is -2.24. The summed E-state index contributed by atoms with van der Waals surface area (Å²) in [5, 5.41) is 9.10. The zero-order chi connectivity index (χ0) is 15.0. The summed E-state index contributed by atoms with van der Waals surface area (Å²) in [7, 11) is 1.62. The van der Waals surface area contributed by atoms with Crippen LogP contribution >= 0.6 is 0 Å². The maximum atomic E-state index is 11.1. The van der Waals surface area contributed by atoms with E-state index in [4.69, 9.17) is 9.84 Å². The van der Waals surface area contributed by atoms with E-state index < -0.39 is 5.97 Å². The Morgan fingerprint density at radius 2 is 2.19 bits per heavy atom. The van der Waals surface area contributed by atoms with Gasteiger partial charge in [0.05, 0.1) is 29.8 Å². The van der Waals surface area contributed by atoms with Gasteiger partial charge in [0.2, 0.25) is 0 Å². The molecular formula is C15H17N3O3. The quantitative estimate of drug-likeness (QED) is 0.928. The molecular weight excluding hydrogens is 270 g/mol. The number of rotatable bonds is 3. The van der Waals surface area contributed by atoms with Gasteiger partial charge in [-0.25, -0.2) is 9.97 Å². The van der Waals surface area contributed by atoms with Gasteiger partial charge in [0.15, 0.2) is 5.82 Å². The number of hydrogen-bond donors (Lipinski definition) is 1. The van der Waals surface area contributed by atoms with Crippen molar-refractivity contribution in [2.24, 2.45) is 5.92 Å². The second kappa shape index (κ2) is 5.20. The van der Waals surface area contributed by atoms with Crippen LogP contribution in [0.3, 0.4) is 0 Å². The molecule has 0 radical (unpaired) electrons. The number of aromatic nitrogens is 2. The lowest BCUT2D eigenvalue weighted by molar-refractivity contribution is -0.140. The molecule has 1 aromatic carbocycles. The third-order valence-electron chi connectivity index (χ3n) is 3.86. The molecule has 1 N–H and O–H groups in total. The predicted molar refractivity (Wildman–Crippen MR) is 78.8 cm³/mol. The normalized spacial score (nSPS) is 18.2. The summed E-state index contributed by atoms with van der Waals surface area (Å²) in [4.78, 5) is 22.3. The summed E-state index contributed by atoms with van der Waals surface area (Å²) in [6, 6.07) is 5.57. The Balaban J connectivity index is 1.96. The molecule has 6 nitrogen and oxygen atoms in total. The van der Waals surface area contributed by atoms with Crippen LogP contribution < -0.4 is 9.64 Å². The van der Waals surface area contributed by atoms with E-state index >= 15 is 0 Å². The summed E-state index contributed by atoms with van der Waals surface area (Å²) in [6.07, 6.45) is 0.650. The minimum atomic E-state index is -0.742. The van der Waals surface area contributed by atoms with Gasteiger partial charge >= 0.3 is 5.97 Å². The Bertz CT molecular complexity index is 702. The van der Waals surface area contributed by atoms with Crippen LogP contribution in [0.25, 0.3) is 11.0 Å². The van der Waals surface area contributed by atoms with Gasteiger partial charge in [-0.2, -0.15) is 0 Å². The number of anilines is 1. The van der Waals surface area contributed by atoms with Gasteiger partial charge < -0.3 is 14.7 Å². The van der Waals surface area contributed by atoms with Gasteiger partial charge in [-0.15, -0.1) is 0 Å². The number of carboxylic acid groups (broad SMARTS) is 1. The largest absolute Gasteiger partial charge is 0.497 e. The molecule has 1 atom stereocenters. The summed E-state index contributed by atoms with van der Waals surface area (Å²) in [6.45, 7) is 3.09. The molecule has 0 saturated carbocycles. The van der Waals surface area contributed by atoms with Crippen LogP contribution in [0.1, 0.15) is 12.1 Å². The first-order valence-corrected chi connectivity index (χ1v) is 6.88. The van der Waals surface area contributed by atoms with Crippen LogP contribution in [0.5, 0.6) is 5.75 Å². The Morgan fingerprint density at radius 3 is 2.86 bits per heavy atom. The van der Waals surface area contributed by atoms with E-state index in [1.54, 1.807) is 7.11 Å². The van der Waals surface area contributed by atoms with Gasteiger partial charge in [0.1, 0.15) is 5.75 Å². The van der Waals surface area contributed by atoms with Crippen molar-refractivity contribution >= 4 is 22.8 Å². The van der Waals surface area contributed by atoms with E-state index in [0.29, 0.717) is 19.5 Å². The molecule has 0 bridgehead atoms. The van der Waals surface area contributed by atoms with Crippen molar-refractivity contribution in [3.63, 3.8) is 0 Å². The molecule has 1 saturated heterocycles. The van der Waals surface area contributed by atoms with Gasteiger partial charge in [0.25, 0.3) is 0 Å². The number of methoxy groups -OCH3 is 1. The molecule has 110 valence electrons. The van der Waals surface area contributed by atoms with Crippen LogP contribution in [0, 0.1) is 12.8 Å². The second-order valence-corrected chi connectivity index (χ2v) is 5.26. The zero-order valence-corrected chi connectivity index (χ0v) is 12.0. The highest BCUT2D eigenvalue weighted by atomic mass is 16.5. The van der Waals surface area contributed by atoms with Crippen LogP contribution in [0.15, 0.2) is 18.2 Å². The molecule has 1 fully saturated rings. The number of carbonyl (C=O) groups is 1. The SMILES string of the molecule is COc1ccc2nc(N3CCC(C(=O)O)C3)c(C)nc2c1. The van der Waals surface area contributed by atoms with E-state index in [1.165, 1.54) is 0 Å². The number of carboxylic acids is 1. The number of benzene rings is 1. The van der Waals surface area contributed by atoms with E-state index in [-0.39, 0.29) is 5.92 Å². The first kappa shape index (κ1) is 13.6. The minimum absolute atomic E-state index is 0.322. The fourth-order valence-corrected chi connectivity index (χ4v) is 2.69.